The van der Waals surface area contributed by atoms with Crippen LogP contribution >= 0.6 is 0 Å². The first kappa shape index (κ1) is 27.4. The van der Waals surface area contributed by atoms with E-state index in [1.807, 2.05) is 0 Å². The van der Waals surface area contributed by atoms with Crippen molar-refractivity contribution >= 4 is 34.1 Å². The van der Waals surface area contributed by atoms with Crippen molar-refractivity contribution in [2.75, 3.05) is 9.80 Å². The van der Waals surface area contributed by atoms with Crippen molar-refractivity contribution in [1.82, 2.24) is 6.15 Å². The molecule has 0 saturated heterocycles. The minimum absolute atomic E-state index is 0. The minimum atomic E-state index is 0. The molecule has 0 saturated carbocycles. The molecule has 0 aliphatic heterocycles. The lowest BCUT2D eigenvalue weighted by molar-refractivity contribution is 1.27. The fraction of sp³-hybridized carbons (Fsp3) is 0.0526. The minimum Gasteiger partial charge on any atom is -0.344 e. The third-order valence-electron chi connectivity index (χ3n) is 7.13. The van der Waals surface area contributed by atoms with Crippen LogP contribution in [0.5, 0.6) is 0 Å². The van der Waals surface area contributed by atoms with Crippen LogP contribution in [0.15, 0.2) is 158 Å². The molecule has 0 atom stereocenters. The smallest absolute Gasteiger partial charge is 0.0464 e. The summed E-state index contributed by atoms with van der Waals surface area (Å²) in [6, 6.07) is 56.1. The number of benzene rings is 6. The maximum atomic E-state index is 2.31. The molecule has 0 heterocycles. The van der Waals surface area contributed by atoms with Crippen LogP contribution in [0.1, 0.15) is 11.1 Å². The molecule has 0 fully saturated rings. The number of rotatable bonds is 7. The number of nitrogens with zero attached hydrogens (tertiary/aromatic N) is 2. The van der Waals surface area contributed by atoms with Gasteiger partial charge in [-0.1, -0.05) is 84.9 Å². The third kappa shape index (κ3) is 6.06. The second-order valence-corrected chi connectivity index (χ2v) is 10.1. The van der Waals surface area contributed by atoms with Gasteiger partial charge in [0.25, 0.3) is 0 Å². The predicted molar refractivity (Wildman–Crippen MR) is 176 cm³/mol. The summed E-state index contributed by atoms with van der Waals surface area (Å²) < 4.78 is 0. The summed E-state index contributed by atoms with van der Waals surface area (Å²) in [5.74, 6) is 0. The molecule has 0 aliphatic rings. The summed E-state index contributed by atoms with van der Waals surface area (Å²) in [5.41, 5.74) is 11.7. The van der Waals surface area contributed by atoms with Crippen LogP contribution < -0.4 is 16.0 Å². The van der Waals surface area contributed by atoms with E-state index in [9.17, 15) is 0 Å². The molecular weight excluding hydrogens is 498 g/mol. The highest BCUT2D eigenvalue weighted by molar-refractivity contribution is 5.80. The molecule has 6 aromatic carbocycles. The van der Waals surface area contributed by atoms with Gasteiger partial charge in [-0.3, -0.25) is 0 Å². The van der Waals surface area contributed by atoms with E-state index in [-0.39, 0.29) is 6.15 Å². The first-order chi connectivity index (χ1) is 19.7. The summed E-state index contributed by atoms with van der Waals surface area (Å²) in [7, 11) is 0. The van der Waals surface area contributed by atoms with E-state index in [2.05, 4.69) is 181 Å². The maximum absolute atomic E-state index is 2.31. The Labute approximate surface area is 243 Å². The molecule has 0 bridgehead atoms. The summed E-state index contributed by atoms with van der Waals surface area (Å²) in [6.07, 6.45) is 0. The van der Waals surface area contributed by atoms with Crippen molar-refractivity contribution < 1.29 is 0 Å². The quantitative estimate of drug-likeness (QED) is 0.222. The fourth-order valence-electron chi connectivity index (χ4n) is 5.19. The Bertz CT molecular complexity index is 1560. The SMILES string of the molecule is Cc1cccc(N(c2ccccc2)c2ccc(-c3ccc(N(c4ccccc4)c4cccc(C)c4)cc3)cc2)c1.N. The molecule has 0 aliphatic carbocycles. The standard InChI is InChI=1S/C38H32N2.H3N/c1-29-11-9-17-37(27-29)39(33-13-5-3-6-14-33)35-23-19-31(20-24-35)32-21-25-36(26-22-32)40(34-15-7-4-8-16-34)38-18-10-12-30(2)28-38;/h3-28H,1-2H3;1H3. The van der Waals surface area contributed by atoms with E-state index in [1.165, 1.54) is 22.3 Å². The molecule has 0 spiro atoms. The average Bonchev–Trinajstić information content (AvgIpc) is 3.00. The van der Waals surface area contributed by atoms with Gasteiger partial charge in [-0.25, -0.2) is 0 Å². The normalized spacial score (nSPS) is 10.5. The van der Waals surface area contributed by atoms with Gasteiger partial charge in [0.05, 0.1) is 0 Å². The van der Waals surface area contributed by atoms with Crippen LogP contribution in [0.2, 0.25) is 0 Å². The van der Waals surface area contributed by atoms with Crippen molar-refractivity contribution in [2.45, 2.75) is 13.8 Å². The van der Waals surface area contributed by atoms with Gasteiger partial charge in [0, 0.05) is 34.1 Å². The molecule has 41 heavy (non-hydrogen) atoms. The van der Waals surface area contributed by atoms with Crippen molar-refractivity contribution in [3.8, 4) is 11.1 Å². The van der Waals surface area contributed by atoms with Crippen LogP contribution in [0.4, 0.5) is 34.1 Å². The van der Waals surface area contributed by atoms with E-state index in [0.29, 0.717) is 0 Å². The van der Waals surface area contributed by atoms with Crippen LogP contribution in [-0.4, -0.2) is 0 Å². The molecule has 3 nitrogen and oxygen atoms in total. The zero-order valence-corrected chi connectivity index (χ0v) is 23.6. The van der Waals surface area contributed by atoms with Crippen LogP contribution in [-0.2, 0) is 0 Å². The maximum Gasteiger partial charge on any atom is 0.0464 e. The van der Waals surface area contributed by atoms with Gasteiger partial charge >= 0.3 is 0 Å². The molecule has 0 aromatic heterocycles. The van der Waals surface area contributed by atoms with Crippen molar-refractivity contribution in [3.63, 3.8) is 0 Å². The molecule has 3 N–H and O–H groups in total. The summed E-state index contributed by atoms with van der Waals surface area (Å²) >= 11 is 0. The molecule has 3 heteroatoms. The average molecular weight is 534 g/mol. The number of hydrogen-bond acceptors (Lipinski definition) is 3. The van der Waals surface area contributed by atoms with Gasteiger partial charge in [-0.2, -0.15) is 0 Å². The van der Waals surface area contributed by atoms with Crippen molar-refractivity contribution in [1.29, 1.82) is 0 Å². The van der Waals surface area contributed by atoms with Gasteiger partial charge in [0.2, 0.25) is 0 Å². The second-order valence-electron chi connectivity index (χ2n) is 10.1. The third-order valence-corrected chi connectivity index (χ3v) is 7.13. The number of hydrogen-bond donors (Lipinski definition) is 1. The van der Waals surface area contributed by atoms with Gasteiger partial charge in [-0.05, 0) is 109 Å². The summed E-state index contributed by atoms with van der Waals surface area (Å²) in [4.78, 5) is 4.61. The van der Waals surface area contributed by atoms with E-state index in [0.717, 1.165) is 34.1 Å². The predicted octanol–water partition coefficient (Wildman–Crippen LogP) is 11.1. The molecular formula is C38H35N3. The van der Waals surface area contributed by atoms with E-state index in [1.54, 1.807) is 0 Å². The highest BCUT2D eigenvalue weighted by Gasteiger charge is 2.14. The van der Waals surface area contributed by atoms with Crippen LogP contribution in [0.25, 0.3) is 11.1 Å². The lowest BCUT2D eigenvalue weighted by Crippen LogP contribution is -2.10. The fourth-order valence-corrected chi connectivity index (χ4v) is 5.19. The Morgan fingerprint density at radius 3 is 0.976 bits per heavy atom. The molecule has 0 amide bonds. The van der Waals surface area contributed by atoms with E-state index < -0.39 is 0 Å². The number of anilines is 6. The Hall–Kier alpha value is -5.12. The zero-order chi connectivity index (χ0) is 27.3. The highest BCUT2D eigenvalue weighted by Crippen LogP contribution is 2.38. The second kappa shape index (κ2) is 12.4. The number of para-hydroxylation sites is 2. The highest BCUT2D eigenvalue weighted by atomic mass is 15.1. The Kier molecular flexibility index (Phi) is 8.28. The molecule has 0 radical (unpaired) electrons. The van der Waals surface area contributed by atoms with Gasteiger partial charge < -0.3 is 16.0 Å². The topological polar surface area (TPSA) is 41.5 Å². The van der Waals surface area contributed by atoms with E-state index in [4.69, 9.17) is 0 Å². The van der Waals surface area contributed by atoms with Crippen molar-refractivity contribution in [2.24, 2.45) is 0 Å². The lowest BCUT2D eigenvalue weighted by atomic mass is 10.0. The molecule has 202 valence electrons. The Morgan fingerprint density at radius 2 is 0.634 bits per heavy atom. The van der Waals surface area contributed by atoms with Gasteiger partial charge in [0.15, 0.2) is 0 Å². The summed E-state index contributed by atoms with van der Waals surface area (Å²) in [6.45, 7) is 4.27. The first-order valence-corrected chi connectivity index (χ1v) is 13.7. The Morgan fingerprint density at radius 1 is 0.317 bits per heavy atom. The first-order valence-electron chi connectivity index (χ1n) is 13.7. The van der Waals surface area contributed by atoms with Crippen molar-refractivity contribution in [3.05, 3.63) is 169 Å². The lowest BCUT2D eigenvalue weighted by Gasteiger charge is -2.26. The van der Waals surface area contributed by atoms with Crippen LogP contribution in [0, 0.1) is 13.8 Å². The zero-order valence-electron chi connectivity index (χ0n) is 23.6. The van der Waals surface area contributed by atoms with Gasteiger partial charge in [-0.15, -0.1) is 0 Å². The van der Waals surface area contributed by atoms with Crippen LogP contribution in [0.3, 0.4) is 0 Å². The molecule has 0 unspecified atom stereocenters. The molecule has 6 rings (SSSR count). The largest absolute Gasteiger partial charge is 0.344 e. The summed E-state index contributed by atoms with van der Waals surface area (Å²) in [5, 5.41) is 0. The molecule has 6 aromatic rings. The monoisotopic (exact) mass is 533 g/mol. The Balaban J connectivity index is 0.00000337. The number of aryl methyl sites for hydroxylation is 2. The van der Waals surface area contributed by atoms with E-state index >= 15 is 0 Å². The van der Waals surface area contributed by atoms with Gasteiger partial charge in [0.1, 0.15) is 0 Å².